The van der Waals surface area contributed by atoms with E-state index in [0.29, 0.717) is 27.4 Å². The van der Waals surface area contributed by atoms with Crippen LogP contribution >= 0.6 is 23.2 Å². The molecule has 106 valence electrons. The molecule has 0 atom stereocenters. The van der Waals surface area contributed by atoms with E-state index in [0.717, 1.165) is 5.56 Å². The molecular weight excluding hydrogens is 301 g/mol. The Hall–Kier alpha value is -1.49. The summed E-state index contributed by atoms with van der Waals surface area (Å²) >= 11 is 11.8. The van der Waals surface area contributed by atoms with Crippen molar-refractivity contribution in [2.45, 2.75) is 13.2 Å². The number of nitrogens with zero attached hydrogens (tertiary/aromatic N) is 1. The molecule has 0 fully saturated rings. The van der Waals surface area contributed by atoms with E-state index in [4.69, 9.17) is 37.8 Å². The highest BCUT2D eigenvalue weighted by Crippen LogP contribution is 2.29. The van der Waals surface area contributed by atoms with Gasteiger partial charge in [0.15, 0.2) is 11.5 Å². The average Bonchev–Trinajstić information content (AvgIpc) is 2.48. The van der Waals surface area contributed by atoms with Gasteiger partial charge in [0.2, 0.25) is 0 Å². The number of benzene rings is 1. The Bertz CT molecular complexity index is 605. The van der Waals surface area contributed by atoms with Gasteiger partial charge in [0.25, 0.3) is 0 Å². The van der Waals surface area contributed by atoms with Crippen LogP contribution in [0.5, 0.6) is 11.5 Å². The van der Waals surface area contributed by atoms with Crippen LogP contribution in [0.4, 0.5) is 0 Å². The Kier molecular flexibility index (Phi) is 5.06. The Morgan fingerprint density at radius 3 is 2.65 bits per heavy atom. The zero-order valence-corrected chi connectivity index (χ0v) is 12.3. The predicted molar refractivity (Wildman–Crippen MR) is 77.5 cm³/mol. The lowest BCUT2D eigenvalue weighted by Crippen LogP contribution is -2.01. The van der Waals surface area contributed by atoms with Crippen LogP contribution in [0.2, 0.25) is 10.2 Å². The van der Waals surface area contributed by atoms with E-state index in [1.54, 1.807) is 30.3 Å². The fourth-order valence-corrected chi connectivity index (χ4v) is 1.96. The second kappa shape index (κ2) is 6.79. The van der Waals surface area contributed by atoms with Crippen LogP contribution in [0.15, 0.2) is 30.3 Å². The second-order valence-electron chi connectivity index (χ2n) is 3.99. The fourth-order valence-electron chi connectivity index (χ4n) is 1.63. The van der Waals surface area contributed by atoms with Crippen LogP contribution < -0.4 is 9.47 Å². The number of aliphatic hydroxyl groups excluding tert-OH is 1. The third kappa shape index (κ3) is 3.54. The first kappa shape index (κ1) is 14.9. The summed E-state index contributed by atoms with van der Waals surface area (Å²) in [6.07, 6.45) is 0. The molecule has 0 unspecified atom stereocenters. The number of ether oxygens (including phenoxy) is 2. The zero-order chi connectivity index (χ0) is 14.5. The molecule has 0 bridgehead atoms. The number of pyridine rings is 1. The van der Waals surface area contributed by atoms with Crippen molar-refractivity contribution in [2.24, 2.45) is 0 Å². The van der Waals surface area contributed by atoms with Crippen molar-refractivity contribution in [1.82, 2.24) is 4.98 Å². The summed E-state index contributed by atoms with van der Waals surface area (Å²) in [5, 5.41) is 9.93. The smallest absolute Gasteiger partial charge is 0.161 e. The third-order valence-corrected chi connectivity index (χ3v) is 3.21. The van der Waals surface area contributed by atoms with Crippen molar-refractivity contribution in [3.8, 4) is 11.5 Å². The summed E-state index contributed by atoms with van der Waals surface area (Å²) < 4.78 is 10.9. The van der Waals surface area contributed by atoms with Crippen LogP contribution in [0.1, 0.15) is 11.3 Å². The Morgan fingerprint density at radius 1 is 1.15 bits per heavy atom. The van der Waals surface area contributed by atoms with Crippen LogP contribution in [-0.4, -0.2) is 17.2 Å². The number of aromatic nitrogens is 1. The first-order valence-electron chi connectivity index (χ1n) is 5.85. The molecule has 0 radical (unpaired) electrons. The lowest BCUT2D eigenvalue weighted by molar-refractivity contribution is 0.272. The van der Waals surface area contributed by atoms with Gasteiger partial charge < -0.3 is 14.6 Å². The minimum Gasteiger partial charge on any atom is -0.493 e. The normalized spacial score (nSPS) is 10.4. The van der Waals surface area contributed by atoms with Crippen molar-refractivity contribution in [3.05, 3.63) is 51.8 Å². The quantitative estimate of drug-likeness (QED) is 0.859. The molecule has 1 aromatic carbocycles. The number of aliphatic hydroxyl groups is 1. The summed E-state index contributed by atoms with van der Waals surface area (Å²) in [5.74, 6) is 1.08. The van der Waals surface area contributed by atoms with Crippen LogP contribution in [-0.2, 0) is 13.2 Å². The molecule has 6 heteroatoms. The molecule has 0 aliphatic rings. The Labute approximate surface area is 126 Å². The van der Waals surface area contributed by atoms with Gasteiger partial charge in [0.05, 0.1) is 24.4 Å². The summed E-state index contributed by atoms with van der Waals surface area (Å²) in [6, 6.07) is 8.47. The van der Waals surface area contributed by atoms with Gasteiger partial charge in [-0.1, -0.05) is 29.3 Å². The topological polar surface area (TPSA) is 51.6 Å². The fraction of sp³-hybridized carbons (Fsp3) is 0.214. The number of hydrogen-bond donors (Lipinski definition) is 1. The molecule has 0 amide bonds. The first-order valence-corrected chi connectivity index (χ1v) is 6.61. The molecule has 2 rings (SSSR count). The first-order chi connectivity index (χ1) is 9.63. The highest BCUT2D eigenvalue weighted by Gasteiger charge is 2.09. The minimum atomic E-state index is -0.0572. The monoisotopic (exact) mass is 313 g/mol. The number of hydrogen-bond acceptors (Lipinski definition) is 4. The van der Waals surface area contributed by atoms with Crippen LogP contribution in [0.3, 0.4) is 0 Å². The highest BCUT2D eigenvalue weighted by atomic mass is 35.5. The standard InChI is InChI=1S/C14H13Cl2NO3/c1-19-13-6-9(7-18)2-4-12(13)20-8-11-10(15)3-5-14(16)17-11/h2-6,18H,7-8H2,1H3. The highest BCUT2D eigenvalue weighted by molar-refractivity contribution is 6.32. The average molecular weight is 314 g/mol. The van der Waals surface area contributed by atoms with Gasteiger partial charge in [-0.25, -0.2) is 4.98 Å². The SMILES string of the molecule is COc1cc(CO)ccc1OCc1nc(Cl)ccc1Cl. The molecule has 1 heterocycles. The minimum absolute atomic E-state index is 0.0572. The van der Waals surface area contributed by atoms with E-state index >= 15 is 0 Å². The second-order valence-corrected chi connectivity index (χ2v) is 4.79. The molecular formula is C14H13Cl2NO3. The van der Waals surface area contributed by atoms with E-state index in [1.807, 2.05) is 0 Å². The van der Waals surface area contributed by atoms with Gasteiger partial charge >= 0.3 is 0 Å². The molecule has 0 aliphatic carbocycles. The van der Waals surface area contributed by atoms with E-state index in [2.05, 4.69) is 4.98 Å². The molecule has 2 aromatic rings. The van der Waals surface area contributed by atoms with E-state index in [-0.39, 0.29) is 13.2 Å². The van der Waals surface area contributed by atoms with Crippen molar-refractivity contribution in [1.29, 1.82) is 0 Å². The van der Waals surface area contributed by atoms with Crippen molar-refractivity contribution in [3.63, 3.8) is 0 Å². The molecule has 4 nitrogen and oxygen atoms in total. The molecule has 0 spiro atoms. The van der Waals surface area contributed by atoms with Gasteiger partial charge in [-0.15, -0.1) is 0 Å². The molecule has 1 N–H and O–H groups in total. The van der Waals surface area contributed by atoms with E-state index in [1.165, 1.54) is 7.11 Å². The summed E-state index contributed by atoms with van der Waals surface area (Å²) in [5.41, 5.74) is 1.29. The van der Waals surface area contributed by atoms with E-state index in [9.17, 15) is 0 Å². The molecule has 0 saturated carbocycles. The van der Waals surface area contributed by atoms with Crippen molar-refractivity contribution < 1.29 is 14.6 Å². The largest absolute Gasteiger partial charge is 0.493 e. The van der Waals surface area contributed by atoms with E-state index < -0.39 is 0 Å². The number of methoxy groups -OCH3 is 1. The van der Waals surface area contributed by atoms with Crippen molar-refractivity contribution in [2.75, 3.05) is 7.11 Å². The van der Waals surface area contributed by atoms with Gasteiger partial charge in [-0.2, -0.15) is 0 Å². The molecule has 20 heavy (non-hydrogen) atoms. The molecule has 1 aromatic heterocycles. The Balaban J connectivity index is 2.16. The van der Waals surface area contributed by atoms with Gasteiger partial charge in [0, 0.05) is 0 Å². The lowest BCUT2D eigenvalue weighted by atomic mass is 10.2. The van der Waals surface area contributed by atoms with Crippen LogP contribution in [0, 0.1) is 0 Å². The maximum atomic E-state index is 9.08. The number of rotatable bonds is 5. The zero-order valence-electron chi connectivity index (χ0n) is 10.8. The maximum Gasteiger partial charge on any atom is 0.161 e. The number of halogens is 2. The molecule has 0 saturated heterocycles. The summed E-state index contributed by atoms with van der Waals surface area (Å²) in [6.45, 7) is 0.118. The maximum absolute atomic E-state index is 9.08. The van der Waals surface area contributed by atoms with Gasteiger partial charge in [-0.05, 0) is 29.8 Å². The Morgan fingerprint density at radius 2 is 1.95 bits per heavy atom. The lowest BCUT2D eigenvalue weighted by Gasteiger charge is -2.12. The molecule has 0 aliphatic heterocycles. The van der Waals surface area contributed by atoms with Crippen molar-refractivity contribution >= 4 is 23.2 Å². The summed E-state index contributed by atoms with van der Waals surface area (Å²) in [7, 11) is 1.54. The van der Waals surface area contributed by atoms with Crippen LogP contribution in [0.25, 0.3) is 0 Å². The summed E-state index contributed by atoms with van der Waals surface area (Å²) in [4.78, 5) is 4.10. The third-order valence-electron chi connectivity index (χ3n) is 2.66. The predicted octanol–water partition coefficient (Wildman–Crippen LogP) is 3.47. The van der Waals surface area contributed by atoms with Gasteiger partial charge in [0.1, 0.15) is 11.8 Å². The van der Waals surface area contributed by atoms with Gasteiger partial charge in [-0.3, -0.25) is 0 Å².